The maximum absolute atomic E-state index is 11.6. The predicted octanol–water partition coefficient (Wildman–Crippen LogP) is 2.13. The topological polar surface area (TPSA) is 64.1 Å². The van der Waals surface area contributed by atoms with Gasteiger partial charge in [-0.05, 0) is 19.1 Å². The fourth-order valence-corrected chi connectivity index (χ4v) is 3.04. The molecule has 0 aliphatic heterocycles. The van der Waals surface area contributed by atoms with Crippen LogP contribution in [0.2, 0.25) is 0 Å². The second-order valence-corrected chi connectivity index (χ2v) is 6.29. The number of aryl methyl sites for hydroxylation is 1. The number of thioether (sulfide) groups is 1. The van der Waals surface area contributed by atoms with Crippen LogP contribution in [-0.4, -0.2) is 35.0 Å². The Labute approximate surface area is 125 Å². The molecule has 1 N–H and O–H groups in total. The molecule has 20 heavy (non-hydrogen) atoms. The smallest absolute Gasteiger partial charge is 0.230 e. The Morgan fingerprint density at radius 1 is 1.35 bits per heavy atom. The van der Waals surface area contributed by atoms with Crippen LogP contribution < -0.4 is 10.1 Å². The number of hydrogen-bond donors (Lipinski definition) is 1. The Balaban J connectivity index is 1.58. The molecule has 0 atom stereocenters. The number of carbonyl (C=O) groups excluding carboxylic acids is 1. The normalized spacial score (nSPS) is 10.2. The van der Waals surface area contributed by atoms with E-state index in [1.54, 1.807) is 0 Å². The van der Waals surface area contributed by atoms with E-state index in [0.29, 0.717) is 18.9 Å². The van der Waals surface area contributed by atoms with Crippen LogP contribution in [0.25, 0.3) is 0 Å². The summed E-state index contributed by atoms with van der Waals surface area (Å²) in [5.41, 5.74) is 0. The molecule has 0 saturated heterocycles. The summed E-state index contributed by atoms with van der Waals surface area (Å²) in [5, 5.41) is 11.6. The molecule has 1 aromatic heterocycles. The highest BCUT2D eigenvalue weighted by molar-refractivity contribution is 8.01. The molecule has 1 amide bonds. The highest BCUT2D eigenvalue weighted by Gasteiger charge is 2.05. The lowest BCUT2D eigenvalue weighted by atomic mass is 10.3. The minimum absolute atomic E-state index is 0.0282. The van der Waals surface area contributed by atoms with Crippen LogP contribution in [0.5, 0.6) is 5.75 Å². The van der Waals surface area contributed by atoms with Gasteiger partial charge in [-0.3, -0.25) is 4.79 Å². The summed E-state index contributed by atoms with van der Waals surface area (Å²) < 4.78 is 6.30. The van der Waals surface area contributed by atoms with Gasteiger partial charge in [0.25, 0.3) is 0 Å². The van der Waals surface area contributed by atoms with Gasteiger partial charge in [-0.15, -0.1) is 10.2 Å². The number of hydrogen-bond acceptors (Lipinski definition) is 6. The number of rotatable bonds is 7. The van der Waals surface area contributed by atoms with Crippen LogP contribution in [-0.2, 0) is 4.79 Å². The molecule has 0 bridgehead atoms. The minimum atomic E-state index is -0.0282. The Hall–Kier alpha value is -1.60. The average molecular weight is 309 g/mol. The van der Waals surface area contributed by atoms with Crippen LogP contribution in [0.4, 0.5) is 0 Å². The molecule has 1 heterocycles. The quantitative estimate of drug-likeness (QED) is 0.627. The monoisotopic (exact) mass is 309 g/mol. The van der Waals surface area contributed by atoms with Gasteiger partial charge in [-0.1, -0.05) is 41.3 Å². The first-order chi connectivity index (χ1) is 9.74. The van der Waals surface area contributed by atoms with Gasteiger partial charge in [0.15, 0.2) is 4.34 Å². The van der Waals surface area contributed by atoms with E-state index in [2.05, 4.69) is 15.5 Å². The molecule has 0 aliphatic carbocycles. The number of carbonyl (C=O) groups is 1. The molecule has 0 unspecified atom stereocenters. The zero-order valence-corrected chi connectivity index (χ0v) is 12.7. The van der Waals surface area contributed by atoms with Gasteiger partial charge in [-0.2, -0.15) is 0 Å². The fourth-order valence-electron chi connectivity index (χ4n) is 1.39. The summed E-state index contributed by atoms with van der Waals surface area (Å²) in [6.07, 6.45) is 0. The van der Waals surface area contributed by atoms with Crippen molar-refractivity contribution in [3.8, 4) is 5.75 Å². The average Bonchev–Trinajstić information content (AvgIpc) is 2.88. The Morgan fingerprint density at radius 2 is 2.15 bits per heavy atom. The van der Waals surface area contributed by atoms with E-state index in [4.69, 9.17) is 4.74 Å². The van der Waals surface area contributed by atoms with E-state index in [9.17, 15) is 4.79 Å². The molecule has 2 rings (SSSR count). The molecule has 1 aromatic carbocycles. The van der Waals surface area contributed by atoms with Gasteiger partial charge >= 0.3 is 0 Å². The van der Waals surface area contributed by atoms with Crippen molar-refractivity contribution in [1.82, 2.24) is 15.5 Å². The zero-order chi connectivity index (χ0) is 14.2. The summed E-state index contributed by atoms with van der Waals surface area (Å²) >= 11 is 2.89. The van der Waals surface area contributed by atoms with Gasteiger partial charge in [0, 0.05) is 0 Å². The van der Waals surface area contributed by atoms with Crippen LogP contribution in [0.1, 0.15) is 5.01 Å². The van der Waals surface area contributed by atoms with Crippen LogP contribution in [0.15, 0.2) is 34.7 Å². The summed E-state index contributed by atoms with van der Waals surface area (Å²) in [5.74, 6) is 1.12. The summed E-state index contributed by atoms with van der Waals surface area (Å²) in [7, 11) is 0. The molecule has 2 aromatic rings. The lowest BCUT2D eigenvalue weighted by Crippen LogP contribution is -2.29. The zero-order valence-electron chi connectivity index (χ0n) is 11.0. The lowest BCUT2D eigenvalue weighted by Gasteiger charge is -2.06. The third kappa shape index (κ3) is 5.18. The van der Waals surface area contributed by atoms with Crippen molar-refractivity contribution in [2.45, 2.75) is 11.3 Å². The van der Waals surface area contributed by atoms with E-state index >= 15 is 0 Å². The maximum atomic E-state index is 11.6. The lowest BCUT2D eigenvalue weighted by molar-refractivity contribution is -0.118. The predicted molar refractivity (Wildman–Crippen MR) is 80.3 cm³/mol. The van der Waals surface area contributed by atoms with Crippen LogP contribution >= 0.6 is 23.1 Å². The van der Waals surface area contributed by atoms with E-state index in [-0.39, 0.29) is 5.91 Å². The molecule has 0 fully saturated rings. The van der Waals surface area contributed by atoms with Crippen molar-refractivity contribution in [2.75, 3.05) is 18.9 Å². The van der Waals surface area contributed by atoms with Gasteiger partial charge in [0.2, 0.25) is 5.91 Å². The number of nitrogens with one attached hydrogen (secondary N) is 1. The molecule has 0 spiro atoms. The largest absolute Gasteiger partial charge is 0.492 e. The van der Waals surface area contributed by atoms with Crippen LogP contribution in [0, 0.1) is 6.92 Å². The van der Waals surface area contributed by atoms with E-state index in [1.165, 1.54) is 23.1 Å². The van der Waals surface area contributed by atoms with Crippen molar-refractivity contribution in [3.05, 3.63) is 35.3 Å². The first-order valence-corrected chi connectivity index (χ1v) is 7.92. The number of nitrogens with zero attached hydrogens (tertiary/aromatic N) is 2. The summed E-state index contributed by atoms with van der Waals surface area (Å²) in [6.45, 7) is 2.84. The second kappa shape index (κ2) is 7.86. The second-order valence-electron chi connectivity index (χ2n) is 3.89. The highest BCUT2D eigenvalue weighted by atomic mass is 32.2. The van der Waals surface area contributed by atoms with Crippen molar-refractivity contribution < 1.29 is 9.53 Å². The standard InChI is InChI=1S/C13H15N3O2S2/c1-10-15-16-13(20-10)19-9-12(17)14-7-8-18-11-5-3-2-4-6-11/h2-6H,7-9H2,1H3,(H,14,17). The number of aromatic nitrogens is 2. The fraction of sp³-hybridized carbons (Fsp3) is 0.308. The first-order valence-electron chi connectivity index (χ1n) is 6.11. The maximum Gasteiger partial charge on any atom is 0.230 e. The summed E-state index contributed by atoms with van der Waals surface area (Å²) in [4.78, 5) is 11.6. The van der Waals surface area contributed by atoms with Gasteiger partial charge in [0.05, 0.1) is 12.3 Å². The van der Waals surface area contributed by atoms with Gasteiger partial charge in [-0.25, -0.2) is 0 Å². The van der Waals surface area contributed by atoms with Crippen LogP contribution in [0.3, 0.4) is 0 Å². The molecule has 0 saturated carbocycles. The molecule has 106 valence electrons. The number of para-hydroxylation sites is 1. The molecule has 0 radical (unpaired) electrons. The Bertz CT molecular complexity index is 546. The third-order valence-electron chi connectivity index (χ3n) is 2.27. The molecule has 7 heteroatoms. The number of ether oxygens (including phenoxy) is 1. The third-order valence-corrected chi connectivity index (χ3v) is 4.24. The number of benzene rings is 1. The van der Waals surface area contributed by atoms with Crippen molar-refractivity contribution >= 4 is 29.0 Å². The number of amides is 1. The molecular formula is C13H15N3O2S2. The van der Waals surface area contributed by atoms with Gasteiger partial charge < -0.3 is 10.1 Å². The van der Waals surface area contributed by atoms with E-state index < -0.39 is 0 Å². The Morgan fingerprint density at radius 3 is 2.85 bits per heavy atom. The molecular weight excluding hydrogens is 294 g/mol. The molecule has 0 aliphatic rings. The molecule has 5 nitrogen and oxygen atoms in total. The SMILES string of the molecule is Cc1nnc(SCC(=O)NCCOc2ccccc2)s1. The van der Waals surface area contributed by atoms with E-state index in [0.717, 1.165) is 15.1 Å². The van der Waals surface area contributed by atoms with E-state index in [1.807, 2.05) is 37.3 Å². The summed E-state index contributed by atoms with van der Waals surface area (Å²) in [6, 6.07) is 9.52. The van der Waals surface area contributed by atoms with Gasteiger partial charge in [0.1, 0.15) is 17.4 Å². The highest BCUT2D eigenvalue weighted by Crippen LogP contribution is 2.21. The first kappa shape index (κ1) is 14.8. The van der Waals surface area contributed by atoms with Crippen molar-refractivity contribution in [1.29, 1.82) is 0 Å². The van der Waals surface area contributed by atoms with Crippen molar-refractivity contribution in [2.24, 2.45) is 0 Å². The Kier molecular flexibility index (Phi) is 5.82. The minimum Gasteiger partial charge on any atom is -0.492 e. The van der Waals surface area contributed by atoms with Crippen molar-refractivity contribution in [3.63, 3.8) is 0 Å².